The van der Waals surface area contributed by atoms with Crippen LogP contribution in [0.25, 0.3) is 0 Å². The predicted molar refractivity (Wildman–Crippen MR) is 75.7 cm³/mol. The molecule has 0 aromatic heterocycles. The Morgan fingerprint density at radius 2 is 1.72 bits per heavy atom. The van der Waals surface area contributed by atoms with Crippen molar-refractivity contribution < 1.29 is 5.11 Å². The maximum absolute atomic E-state index is 9.72. The Morgan fingerprint density at radius 1 is 1.11 bits per heavy atom. The Kier molecular flexibility index (Phi) is 4.41. The molecule has 0 spiro atoms. The minimum Gasteiger partial charge on any atom is -0.389 e. The van der Waals surface area contributed by atoms with E-state index in [-0.39, 0.29) is 0 Å². The first-order valence-electron chi connectivity index (χ1n) is 7.05. The number of hydrogen-bond donors (Lipinski definition) is 2. The molecule has 1 saturated carbocycles. The molecule has 0 amide bonds. The van der Waals surface area contributed by atoms with E-state index in [4.69, 9.17) is 0 Å². The van der Waals surface area contributed by atoms with Crippen LogP contribution in [-0.4, -0.2) is 23.3 Å². The highest BCUT2D eigenvalue weighted by atomic mass is 16.3. The highest BCUT2D eigenvalue weighted by molar-refractivity contribution is 5.20. The van der Waals surface area contributed by atoms with E-state index in [0.717, 1.165) is 5.92 Å². The molecule has 0 atom stereocenters. The Morgan fingerprint density at radius 3 is 2.28 bits per heavy atom. The van der Waals surface area contributed by atoms with Gasteiger partial charge >= 0.3 is 0 Å². The van der Waals surface area contributed by atoms with Crippen molar-refractivity contribution in [3.63, 3.8) is 0 Å². The molecule has 0 radical (unpaired) electrons. The van der Waals surface area contributed by atoms with Crippen molar-refractivity contribution in [3.8, 4) is 0 Å². The van der Waals surface area contributed by atoms with Crippen LogP contribution in [0, 0.1) is 0 Å². The molecular formula is C16H25NO. The van der Waals surface area contributed by atoms with Gasteiger partial charge in [0.25, 0.3) is 0 Å². The van der Waals surface area contributed by atoms with Crippen LogP contribution in [0.2, 0.25) is 0 Å². The summed E-state index contributed by atoms with van der Waals surface area (Å²) in [5.41, 5.74) is 0.884. The van der Waals surface area contributed by atoms with E-state index in [0.29, 0.717) is 12.6 Å². The monoisotopic (exact) mass is 247 g/mol. The smallest absolute Gasteiger partial charge is 0.0715 e. The van der Waals surface area contributed by atoms with E-state index in [9.17, 15) is 5.11 Å². The van der Waals surface area contributed by atoms with Crippen LogP contribution in [0.3, 0.4) is 0 Å². The van der Waals surface area contributed by atoms with E-state index >= 15 is 0 Å². The predicted octanol–water partition coefficient (Wildman–Crippen LogP) is 3.07. The average Bonchev–Trinajstić information content (AvgIpc) is 2.37. The van der Waals surface area contributed by atoms with Crippen molar-refractivity contribution in [2.75, 3.05) is 6.54 Å². The standard InChI is InChI=1S/C16H25NO/c1-16(2,18)12-17-15-10-8-14(9-11-15)13-6-4-3-5-7-13/h3-7,14-15,17-18H,8-12H2,1-2H3. The van der Waals surface area contributed by atoms with Crippen LogP contribution in [-0.2, 0) is 0 Å². The molecule has 2 N–H and O–H groups in total. The van der Waals surface area contributed by atoms with Crippen LogP contribution in [0.1, 0.15) is 51.0 Å². The quantitative estimate of drug-likeness (QED) is 0.857. The lowest BCUT2D eigenvalue weighted by atomic mass is 9.81. The fourth-order valence-corrected chi connectivity index (χ4v) is 2.75. The van der Waals surface area contributed by atoms with Gasteiger partial charge in [-0.1, -0.05) is 30.3 Å². The van der Waals surface area contributed by atoms with Crippen molar-refractivity contribution in [2.24, 2.45) is 0 Å². The average molecular weight is 247 g/mol. The third-order valence-electron chi connectivity index (χ3n) is 3.82. The second-order valence-corrected chi connectivity index (χ2v) is 6.15. The van der Waals surface area contributed by atoms with Gasteiger partial charge in [-0.15, -0.1) is 0 Å². The van der Waals surface area contributed by atoms with Crippen LogP contribution in [0.4, 0.5) is 0 Å². The Balaban J connectivity index is 1.78. The largest absolute Gasteiger partial charge is 0.389 e. The van der Waals surface area contributed by atoms with Crippen LogP contribution in [0.5, 0.6) is 0 Å². The summed E-state index contributed by atoms with van der Waals surface area (Å²) in [6, 6.07) is 11.4. The highest BCUT2D eigenvalue weighted by Crippen LogP contribution is 2.32. The Labute approximate surface area is 110 Å². The van der Waals surface area contributed by atoms with Gasteiger partial charge in [0.05, 0.1) is 5.60 Å². The fraction of sp³-hybridized carbons (Fsp3) is 0.625. The Hall–Kier alpha value is -0.860. The zero-order valence-corrected chi connectivity index (χ0v) is 11.5. The first-order valence-corrected chi connectivity index (χ1v) is 7.05. The zero-order valence-electron chi connectivity index (χ0n) is 11.5. The van der Waals surface area contributed by atoms with Gasteiger partial charge < -0.3 is 10.4 Å². The first kappa shape index (κ1) is 13.6. The molecule has 1 aromatic carbocycles. The molecular weight excluding hydrogens is 222 g/mol. The highest BCUT2D eigenvalue weighted by Gasteiger charge is 2.23. The second-order valence-electron chi connectivity index (χ2n) is 6.15. The first-order chi connectivity index (χ1) is 8.54. The molecule has 0 aliphatic heterocycles. The minimum atomic E-state index is -0.601. The third kappa shape index (κ3) is 4.11. The molecule has 18 heavy (non-hydrogen) atoms. The van der Waals surface area contributed by atoms with Crippen molar-refractivity contribution in [1.82, 2.24) is 5.32 Å². The van der Waals surface area contributed by atoms with Gasteiger partial charge in [-0.25, -0.2) is 0 Å². The topological polar surface area (TPSA) is 32.3 Å². The molecule has 1 aliphatic rings. The molecule has 0 saturated heterocycles. The molecule has 0 unspecified atom stereocenters. The molecule has 100 valence electrons. The van der Waals surface area contributed by atoms with Crippen LogP contribution < -0.4 is 5.32 Å². The van der Waals surface area contributed by atoms with Crippen LogP contribution in [0.15, 0.2) is 30.3 Å². The number of aliphatic hydroxyl groups is 1. The van der Waals surface area contributed by atoms with E-state index < -0.39 is 5.60 Å². The number of hydrogen-bond acceptors (Lipinski definition) is 2. The van der Waals surface area contributed by atoms with Crippen molar-refractivity contribution in [1.29, 1.82) is 0 Å². The third-order valence-corrected chi connectivity index (χ3v) is 3.82. The van der Waals surface area contributed by atoms with E-state index in [1.165, 1.54) is 31.2 Å². The summed E-state index contributed by atoms with van der Waals surface area (Å²) in [7, 11) is 0. The van der Waals surface area contributed by atoms with Gasteiger partial charge in [0.1, 0.15) is 0 Å². The molecule has 1 aromatic rings. The van der Waals surface area contributed by atoms with Crippen molar-refractivity contribution in [3.05, 3.63) is 35.9 Å². The van der Waals surface area contributed by atoms with Crippen molar-refractivity contribution in [2.45, 2.75) is 57.1 Å². The molecule has 0 bridgehead atoms. The van der Waals surface area contributed by atoms with Gasteiger partial charge in [0.15, 0.2) is 0 Å². The number of benzene rings is 1. The molecule has 1 aliphatic carbocycles. The number of rotatable bonds is 4. The van der Waals surface area contributed by atoms with Crippen molar-refractivity contribution >= 4 is 0 Å². The summed E-state index contributed by atoms with van der Waals surface area (Å²) >= 11 is 0. The normalized spacial score (nSPS) is 25.1. The number of nitrogens with one attached hydrogen (secondary N) is 1. The summed E-state index contributed by atoms with van der Waals surface area (Å²) in [5, 5.41) is 13.2. The van der Waals surface area contributed by atoms with Gasteiger partial charge in [-0.3, -0.25) is 0 Å². The van der Waals surface area contributed by atoms with E-state index in [1.54, 1.807) is 0 Å². The van der Waals surface area contributed by atoms with E-state index in [1.807, 2.05) is 13.8 Å². The molecule has 2 heteroatoms. The summed E-state index contributed by atoms with van der Waals surface area (Å²) < 4.78 is 0. The van der Waals surface area contributed by atoms with Gasteiger partial charge in [0.2, 0.25) is 0 Å². The van der Waals surface area contributed by atoms with Crippen LogP contribution >= 0.6 is 0 Å². The summed E-state index contributed by atoms with van der Waals surface area (Å²) in [6.07, 6.45) is 4.95. The SMILES string of the molecule is CC(C)(O)CNC1CCC(c2ccccc2)CC1. The van der Waals surface area contributed by atoms with Gasteiger partial charge in [-0.05, 0) is 51.0 Å². The lowest BCUT2D eigenvalue weighted by molar-refractivity contribution is 0.0742. The summed E-state index contributed by atoms with van der Waals surface area (Å²) in [6.45, 7) is 4.40. The Bertz CT molecular complexity index is 347. The maximum atomic E-state index is 9.72. The minimum absolute atomic E-state index is 0.580. The zero-order chi connectivity index (χ0) is 13.0. The lowest BCUT2D eigenvalue weighted by Gasteiger charge is -2.31. The fourth-order valence-electron chi connectivity index (χ4n) is 2.75. The second kappa shape index (κ2) is 5.85. The molecule has 2 nitrogen and oxygen atoms in total. The summed E-state index contributed by atoms with van der Waals surface area (Å²) in [5.74, 6) is 0.728. The molecule has 0 heterocycles. The molecule has 1 fully saturated rings. The molecule has 2 rings (SSSR count). The van der Waals surface area contributed by atoms with Gasteiger partial charge in [-0.2, -0.15) is 0 Å². The van der Waals surface area contributed by atoms with E-state index in [2.05, 4.69) is 35.6 Å². The summed E-state index contributed by atoms with van der Waals surface area (Å²) in [4.78, 5) is 0. The van der Waals surface area contributed by atoms with Gasteiger partial charge in [0, 0.05) is 12.6 Å². The lowest BCUT2D eigenvalue weighted by Crippen LogP contribution is -2.42. The maximum Gasteiger partial charge on any atom is 0.0715 e.